The van der Waals surface area contributed by atoms with Crippen molar-refractivity contribution in [3.05, 3.63) is 0 Å². The molecule has 0 rings (SSSR count). The molecule has 0 aliphatic heterocycles. The second kappa shape index (κ2) is 30.0. The van der Waals surface area contributed by atoms with Gasteiger partial charge in [-0.1, -0.05) is 156 Å². The molecular formula is C34H69NO2. The van der Waals surface area contributed by atoms with Gasteiger partial charge in [0, 0.05) is 0 Å². The molecule has 0 spiro atoms. The van der Waals surface area contributed by atoms with Gasteiger partial charge in [0.2, 0.25) is 0 Å². The number of hydrogen-bond acceptors (Lipinski definition) is 3. The van der Waals surface area contributed by atoms with E-state index in [9.17, 15) is 4.79 Å². The van der Waals surface area contributed by atoms with Crippen LogP contribution in [0.25, 0.3) is 0 Å². The van der Waals surface area contributed by atoms with Gasteiger partial charge in [0.15, 0.2) is 0 Å². The van der Waals surface area contributed by atoms with Gasteiger partial charge in [-0.15, -0.1) is 0 Å². The minimum Gasteiger partial charge on any atom is -0.461 e. The van der Waals surface area contributed by atoms with E-state index >= 15 is 0 Å². The Bertz CT molecular complexity index is 453. The molecule has 222 valence electrons. The monoisotopic (exact) mass is 524 g/mol. The highest BCUT2D eigenvalue weighted by atomic mass is 16.5. The summed E-state index contributed by atoms with van der Waals surface area (Å²) < 4.78 is 6.01. The van der Waals surface area contributed by atoms with E-state index in [0.29, 0.717) is 0 Å². The first kappa shape index (κ1) is 36.4. The van der Waals surface area contributed by atoms with E-state index in [1.54, 1.807) is 0 Å². The van der Waals surface area contributed by atoms with Crippen molar-refractivity contribution < 1.29 is 9.53 Å². The summed E-state index contributed by atoms with van der Waals surface area (Å²) in [5.41, 5.74) is 0. The number of carbonyl (C=O) groups is 1. The van der Waals surface area contributed by atoms with Crippen LogP contribution < -0.4 is 5.32 Å². The van der Waals surface area contributed by atoms with Crippen LogP contribution in [0.15, 0.2) is 0 Å². The predicted octanol–water partition coefficient (Wildman–Crippen LogP) is 11.1. The predicted molar refractivity (Wildman–Crippen MR) is 164 cm³/mol. The topological polar surface area (TPSA) is 38.3 Å². The Morgan fingerprint density at radius 2 is 0.838 bits per heavy atom. The standard InChI is InChI=1S/C34H69NO2/c1-5-8-11-14-16-17-18-19-20-21-23-25-28-31-35-32(4)34(36)37-33(29-26-13-10-7-3)30-27-24-22-15-12-9-6-2/h32-33,35H,5-31H2,1-4H3. The molecule has 0 heterocycles. The van der Waals surface area contributed by atoms with Crippen LogP contribution in [0, 0.1) is 0 Å². The van der Waals surface area contributed by atoms with Crippen molar-refractivity contribution in [3.63, 3.8) is 0 Å². The van der Waals surface area contributed by atoms with Crippen molar-refractivity contribution in [2.45, 2.75) is 207 Å². The van der Waals surface area contributed by atoms with Crippen molar-refractivity contribution >= 4 is 5.97 Å². The van der Waals surface area contributed by atoms with Gasteiger partial charge < -0.3 is 10.1 Å². The van der Waals surface area contributed by atoms with Crippen LogP contribution in [-0.2, 0) is 9.53 Å². The van der Waals surface area contributed by atoms with Gasteiger partial charge in [-0.3, -0.25) is 4.79 Å². The van der Waals surface area contributed by atoms with E-state index in [1.807, 2.05) is 6.92 Å². The van der Waals surface area contributed by atoms with Gasteiger partial charge in [-0.25, -0.2) is 0 Å². The van der Waals surface area contributed by atoms with Crippen LogP contribution in [0.1, 0.15) is 195 Å². The molecule has 0 aromatic heterocycles. The average molecular weight is 524 g/mol. The highest BCUT2D eigenvalue weighted by Crippen LogP contribution is 2.17. The smallest absolute Gasteiger partial charge is 0.323 e. The normalized spacial score (nSPS) is 13.1. The van der Waals surface area contributed by atoms with Crippen LogP contribution in [0.4, 0.5) is 0 Å². The second-order valence-electron chi connectivity index (χ2n) is 11.7. The van der Waals surface area contributed by atoms with Crippen molar-refractivity contribution in [2.75, 3.05) is 6.54 Å². The summed E-state index contributed by atoms with van der Waals surface area (Å²) in [4.78, 5) is 12.7. The van der Waals surface area contributed by atoms with Crippen molar-refractivity contribution in [1.29, 1.82) is 0 Å². The maximum atomic E-state index is 12.7. The fourth-order valence-corrected chi connectivity index (χ4v) is 5.20. The van der Waals surface area contributed by atoms with E-state index in [-0.39, 0.29) is 18.1 Å². The first-order chi connectivity index (χ1) is 18.2. The zero-order valence-electron chi connectivity index (χ0n) is 26.1. The Kier molecular flexibility index (Phi) is 29.5. The molecule has 0 aromatic carbocycles. The van der Waals surface area contributed by atoms with Crippen molar-refractivity contribution in [3.8, 4) is 0 Å². The van der Waals surface area contributed by atoms with Crippen LogP contribution in [0.5, 0.6) is 0 Å². The number of nitrogens with one attached hydrogen (secondary N) is 1. The van der Waals surface area contributed by atoms with E-state index in [0.717, 1.165) is 25.8 Å². The number of esters is 1. The number of hydrogen-bond donors (Lipinski definition) is 1. The van der Waals surface area contributed by atoms with Crippen LogP contribution >= 0.6 is 0 Å². The molecule has 0 aromatic rings. The molecule has 0 aliphatic carbocycles. The molecule has 0 aliphatic rings. The Balaban J connectivity index is 3.87. The Morgan fingerprint density at radius 1 is 0.514 bits per heavy atom. The Morgan fingerprint density at radius 3 is 1.24 bits per heavy atom. The molecule has 3 nitrogen and oxygen atoms in total. The third-order valence-corrected chi connectivity index (χ3v) is 7.88. The molecule has 0 bridgehead atoms. The first-order valence-electron chi connectivity index (χ1n) is 17.1. The summed E-state index contributed by atoms with van der Waals surface area (Å²) in [7, 11) is 0. The fraction of sp³-hybridized carbons (Fsp3) is 0.971. The quantitative estimate of drug-likeness (QED) is 0.0751. The minimum absolute atomic E-state index is 0.0434. The van der Waals surface area contributed by atoms with Gasteiger partial charge in [0.1, 0.15) is 12.1 Å². The van der Waals surface area contributed by atoms with Gasteiger partial charge in [0.25, 0.3) is 0 Å². The maximum Gasteiger partial charge on any atom is 0.323 e. The van der Waals surface area contributed by atoms with E-state index in [1.165, 1.54) is 148 Å². The van der Waals surface area contributed by atoms with Crippen molar-refractivity contribution in [1.82, 2.24) is 5.32 Å². The summed E-state index contributed by atoms with van der Waals surface area (Å²) in [6.07, 6.45) is 34.2. The number of rotatable bonds is 30. The lowest BCUT2D eigenvalue weighted by Gasteiger charge is -2.21. The summed E-state index contributed by atoms with van der Waals surface area (Å²) in [5.74, 6) is -0.0434. The fourth-order valence-electron chi connectivity index (χ4n) is 5.20. The summed E-state index contributed by atoms with van der Waals surface area (Å²) in [6, 6.07) is -0.190. The zero-order chi connectivity index (χ0) is 27.2. The molecule has 0 saturated carbocycles. The van der Waals surface area contributed by atoms with E-state index < -0.39 is 0 Å². The Labute approximate surface area is 234 Å². The van der Waals surface area contributed by atoms with Gasteiger partial charge in [-0.2, -0.15) is 0 Å². The highest BCUT2D eigenvalue weighted by molar-refractivity contribution is 5.75. The molecule has 37 heavy (non-hydrogen) atoms. The molecule has 1 N–H and O–H groups in total. The lowest BCUT2D eigenvalue weighted by atomic mass is 10.0. The van der Waals surface area contributed by atoms with E-state index in [4.69, 9.17) is 4.74 Å². The molecule has 0 fully saturated rings. The van der Waals surface area contributed by atoms with Crippen LogP contribution in [0.2, 0.25) is 0 Å². The summed E-state index contributed by atoms with van der Waals surface area (Å²) >= 11 is 0. The number of carbonyl (C=O) groups excluding carboxylic acids is 1. The van der Waals surface area contributed by atoms with Crippen LogP contribution in [0.3, 0.4) is 0 Å². The SMILES string of the molecule is CCCCCCCCCCCCCCCNC(C)C(=O)OC(CCCCCC)CCCCCCCCC. The maximum absolute atomic E-state index is 12.7. The summed E-state index contributed by atoms with van der Waals surface area (Å²) in [5, 5.41) is 3.43. The second-order valence-corrected chi connectivity index (χ2v) is 11.7. The molecule has 3 heteroatoms. The Hall–Kier alpha value is -0.570. The molecule has 2 unspecified atom stereocenters. The summed E-state index contributed by atoms with van der Waals surface area (Å²) in [6.45, 7) is 9.71. The number of unbranched alkanes of at least 4 members (excludes halogenated alkanes) is 21. The molecule has 2 atom stereocenters. The first-order valence-corrected chi connectivity index (χ1v) is 17.1. The van der Waals surface area contributed by atoms with Gasteiger partial charge >= 0.3 is 5.97 Å². The molecule has 0 radical (unpaired) electrons. The van der Waals surface area contributed by atoms with Gasteiger partial charge in [-0.05, 0) is 45.6 Å². The van der Waals surface area contributed by atoms with Crippen LogP contribution in [-0.4, -0.2) is 24.7 Å². The third-order valence-electron chi connectivity index (χ3n) is 7.88. The largest absolute Gasteiger partial charge is 0.461 e. The average Bonchev–Trinajstić information content (AvgIpc) is 2.90. The van der Waals surface area contributed by atoms with E-state index in [2.05, 4.69) is 26.1 Å². The van der Waals surface area contributed by atoms with Crippen molar-refractivity contribution in [2.24, 2.45) is 0 Å². The molecule has 0 saturated heterocycles. The lowest BCUT2D eigenvalue weighted by molar-refractivity contribution is -0.152. The minimum atomic E-state index is -0.190. The van der Waals surface area contributed by atoms with Gasteiger partial charge in [0.05, 0.1) is 0 Å². The number of ether oxygens (including phenoxy) is 1. The third kappa shape index (κ3) is 26.8. The lowest BCUT2D eigenvalue weighted by Crippen LogP contribution is -2.38. The zero-order valence-corrected chi connectivity index (χ0v) is 26.1. The highest BCUT2D eigenvalue weighted by Gasteiger charge is 2.19. The molecular weight excluding hydrogens is 454 g/mol. The molecule has 0 amide bonds.